The third-order valence-corrected chi connectivity index (χ3v) is 4.77. The number of esters is 1. The monoisotopic (exact) mass is 506 g/mol. The predicted molar refractivity (Wildman–Crippen MR) is 123 cm³/mol. The normalized spacial score (nSPS) is 11.3. The zero-order valence-electron chi connectivity index (χ0n) is 18.5. The van der Waals surface area contributed by atoms with Crippen molar-refractivity contribution in [1.82, 2.24) is 10.9 Å². The molecule has 0 saturated carbocycles. The molecule has 1 unspecified atom stereocenters. The van der Waals surface area contributed by atoms with Crippen LogP contribution in [0, 0.1) is 13.8 Å². The van der Waals surface area contributed by atoms with Crippen LogP contribution in [0.15, 0.2) is 40.9 Å². The Balaban J connectivity index is 1.78. The summed E-state index contributed by atoms with van der Waals surface area (Å²) in [7, 11) is 0. The van der Waals surface area contributed by atoms with E-state index in [0.717, 1.165) is 22.0 Å². The lowest BCUT2D eigenvalue weighted by molar-refractivity contribution is -0.133. The number of hydrogen-bond acceptors (Lipinski definition) is 6. The molecule has 0 saturated heterocycles. The van der Waals surface area contributed by atoms with Gasteiger partial charge in [0.05, 0.1) is 12.2 Å². The summed E-state index contributed by atoms with van der Waals surface area (Å²) >= 11 is 3.42. The Bertz CT molecular complexity index is 938. The number of aryl methyl sites for hydroxylation is 2. The van der Waals surface area contributed by atoms with Crippen molar-refractivity contribution in [3.63, 3.8) is 0 Å². The van der Waals surface area contributed by atoms with Gasteiger partial charge in [-0.15, -0.1) is 0 Å². The van der Waals surface area contributed by atoms with Gasteiger partial charge in [0.25, 0.3) is 11.8 Å². The number of amides is 2. The fourth-order valence-corrected chi connectivity index (χ4v) is 3.38. The van der Waals surface area contributed by atoms with Gasteiger partial charge in [0.15, 0.2) is 12.7 Å². The number of hydrazine groups is 1. The van der Waals surface area contributed by atoms with Crippen molar-refractivity contribution in [1.29, 1.82) is 0 Å². The molecule has 2 aromatic carbocycles. The smallest absolute Gasteiger partial charge is 0.338 e. The van der Waals surface area contributed by atoms with E-state index in [4.69, 9.17) is 14.2 Å². The summed E-state index contributed by atoms with van der Waals surface area (Å²) < 4.78 is 17.1. The fourth-order valence-electron chi connectivity index (χ4n) is 2.70. The van der Waals surface area contributed by atoms with Gasteiger partial charge >= 0.3 is 5.97 Å². The van der Waals surface area contributed by atoms with Crippen molar-refractivity contribution >= 4 is 33.7 Å². The van der Waals surface area contributed by atoms with Crippen molar-refractivity contribution < 1.29 is 28.6 Å². The molecule has 0 aliphatic carbocycles. The molecular formula is C23H27BrN2O6. The lowest BCUT2D eigenvalue weighted by atomic mass is 10.1. The highest BCUT2D eigenvalue weighted by Crippen LogP contribution is 2.28. The van der Waals surface area contributed by atoms with E-state index in [1.54, 1.807) is 31.2 Å². The molecule has 0 heterocycles. The molecule has 8 nitrogen and oxygen atoms in total. The van der Waals surface area contributed by atoms with Crippen molar-refractivity contribution in [2.24, 2.45) is 0 Å². The molecule has 2 N–H and O–H groups in total. The largest absolute Gasteiger partial charge is 0.484 e. The minimum absolute atomic E-state index is 0.319. The Labute approximate surface area is 195 Å². The molecular weight excluding hydrogens is 480 g/mol. The first-order chi connectivity index (χ1) is 15.2. The average Bonchev–Trinajstić information content (AvgIpc) is 2.76. The molecule has 1 atom stereocenters. The Hall–Kier alpha value is -3.07. The van der Waals surface area contributed by atoms with Crippen LogP contribution in [0.1, 0.15) is 41.8 Å². The van der Waals surface area contributed by atoms with E-state index in [9.17, 15) is 14.4 Å². The number of carbonyl (C=O) groups excluding carboxylic acids is 3. The summed E-state index contributed by atoms with van der Waals surface area (Å²) in [6.45, 7) is 7.31. The Morgan fingerprint density at radius 3 is 2.25 bits per heavy atom. The summed E-state index contributed by atoms with van der Waals surface area (Å²) in [6.07, 6.45) is -0.0812. The topological polar surface area (TPSA) is 103 Å². The summed E-state index contributed by atoms with van der Waals surface area (Å²) in [5.41, 5.74) is 6.78. The van der Waals surface area contributed by atoms with Gasteiger partial charge in [0, 0.05) is 4.47 Å². The molecule has 2 amide bonds. The lowest BCUT2D eigenvalue weighted by Gasteiger charge is -2.18. The van der Waals surface area contributed by atoms with Crippen molar-refractivity contribution in [2.45, 2.75) is 40.2 Å². The van der Waals surface area contributed by atoms with Crippen LogP contribution in [0.3, 0.4) is 0 Å². The number of nitrogens with one attached hydrogen (secondary N) is 2. The summed E-state index contributed by atoms with van der Waals surface area (Å²) in [5, 5.41) is 0. The van der Waals surface area contributed by atoms with Crippen LogP contribution in [0.4, 0.5) is 0 Å². The van der Waals surface area contributed by atoms with E-state index in [0.29, 0.717) is 23.7 Å². The SMILES string of the molecule is CCCOC(=O)c1ccc(OCC(=O)NNC(=O)C(C)Oc2c(C)cc(Br)cc2C)cc1. The van der Waals surface area contributed by atoms with Gasteiger partial charge in [-0.3, -0.25) is 20.4 Å². The first kappa shape index (κ1) is 25.2. The van der Waals surface area contributed by atoms with Crippen molar-refractivity contribution in [3.8, 4) is 11.5 Å². The molecule has 9 heteroatoms. The zero-order valence-corrected chi connectivity index (χ0v) is 20.1. The molecule has 0 spiro atoms. The quantitative estimate of drug-likeness (QED) is 0.397. The van der Waals surface area contributed by atoms with Crippen LogP contribution < -0.4 is 20.3 Å². The van der Waals surface area contributed by atoms with E-state index in [1.807, 2.05) is 32.9 Å². The lowest BCUT2D eigenvalue weighted by Crippen LogP contribution is -2.48. The van der Waals surface area contributed by atoms with Gasteiger partial charge in [-0.25, -0.2) is 4.79 Å². The Morgan fingerprint density at radius 2 is 1.66 bits per heavy atom. The third-order valence-electron chi connectivity index (χ3n) is 4.31. The molecule has 0 bridgehead atoms. The van der Waals surface area contributed by atoms with E-state index in [1.165, 1.54) is 0 Å². The van der Waals surface area contributed by atoms with Gasteiger partial charge in [-0.05, 0) is 74.7 Å². The fraction of sp³-hybridized carbons (Fsp3) is 0.348. The summed E-state index contributed by atoms with van der Waals surface area (Å²) in [5.74, 6) is -0.448. The highest BCUT2D eigenvalue weighted by Gasteiger charge is 2.18. The number of halogens is 1. The Kier molecular flexibility index (Phi) is 9.52. The van der Waals surface area contributed by atoms with Crippen molar-refractivity contribution in [2.75, 3.05) is 13.2 Å². The maximum absolute atomic E-state index is 12.2. The van der Waals surface area contributed by atoms with Crippen LogP contribution in [0.25, 0.3) is 0 Å². The third kappa shape index (κ3) is 7.56. The molecule has 2 rings (SSSR count). The summed E-state index contributed by atoms with van der Waals surface area (Å²) in [4.78, 5) is 36.0. The first-order valence-corrected chi connectivity index (χ1v) is 10.9. The minimum Gasteiger partial charge on any atom is -0.484 e. The second-order valence-electron chi connectivity index (χ2n) is 7.12. The highest BCUT2D eigenvalue weighted by atomic mass is 79.9. The maximum atomic E-state index is 12.2. The van der Waals surface area contributed by atoms with E-state index < -0.39 is 23.9 Å². The minimum atomic E-state index is -0.824. The predicted octanol–water partition coefficient (Wildman–Crippen LogP) is 3.63. The Morgan fingerprint density at radius 1 is 1.03 bits per heavy atom. The van der Waals surface area contributed by atoms with E-state index in [-0.39, 0.29) is 6.61 Å². The second kappa shape index (κ2) is 12.1. The van der Waals surface area contributed by atoms with Gasteiger partial charge in [0.2, 0.25) is 0 Å². The van der Waals surface area contributed by atoms with Crippen LogP contribution in [-0.2, 0) is 14.3 Å². The van der Waals surface area contributed by atoms with Crippen LogP contribution in [-0.4, -0.2) is 37.1 Å². The highest BCUT2D eigenvalue weighted by molar-refractivity contribution is 9.10. The molecule has 0 fully saturated rings. The van der Waals surface area contributed by atoms with Crippen LogP contribution in [0.5, 0.6) is 11.5 Å². The molecule has 0 aromatic heterocycles. The molecule has 0 radical (unpaired) electrons. The molecule has 0 aliphatic heterocycles. The average molecular weight is 507 g/mol. The van der Waals surface area contributed by atoms with Gasteiger partial charge in [0.1, 0.15) is 11.5 Å². The van der Waals surface area contributed by atoms with E-state index in [2.05, 4.69) is 26.8 Å². The second-order valence-corrected chi connectivity index (χ2v) is 8.03. The van der Waals surface area contributed by atoms with Gasteiger partial charge in [-0.1, -0.05) is 22.9 Å². The standard InChI is InChI=1S/C23H27BrN2O6/c1-5-10-30-23(29)17-6-8-19(9-7-17)31-13-20(27)25-26-22(28)16(4)32-21-14(2)11-18(24)12-15(21)3/h6-9,11-12,16H,5,10,13H2,1-4H3,(H,25,27)(H,26,28). The maximum Gasteiger partial charge on any atom is 0.338 e. The molecule has 172 valence electrons. The van der Waals surface area contributed by atoms with Crippen LogP contribution >= 0.6 is 15.9 Å². The van der Waals surface area contributed by atoms with Gasteiger partial charge in [-0.2, -0.15) is 0 Å². The zero-order chi connectivity index (χ0) is 23.7. The number of benzene rings is 2. The van der Waals surface area contributed by atoms with Crippen molar-refractivity contribution in [3.05, 3.63) is 57.6 Å². The van der Waals surface area contributed by atoms with Crippen LogP contribution in [0.2, 0.25) is 0 Å². The molecule has 0 aliphatic rings. The molecule has 32 heavy (non-hydrogen) atoms. The number of rotatable bonds is 9. The number of ether oxygens (including phenoxy) is 3. The van der Waals surface area contributed by atoms with E-state index >= 15 is 0 Å². The van der Waals surface area contributed by atoms with Gasteiger partial charge < -0.3 is 14.2 Å². The number of carbonyl (C=O) groups is 3. The number of hydrogen-bond donors (Lipinski definition) is 2. The summed E-state index contributed by atoms with van der Waals surface area (Å²) in [6, 6.07) is 10.0. The first-order valence-electron chi connectivity index (χ1n) is 10.1. The molecule has 2 aromatic rings.